The summed E-state index contributed by atoms with van der Waals surface area (Å²) in [5.74, 6) is -0.593. The number of nitrogens with zero attached hydrogens (tertiary/aromatic N) is 1. The molecule has 0 saturated heterocycles. The third kappa shape index (κ3) is 4.10. The fourth-order valence-corrected chi connectivity index (χ4v) is 2.83. The van der Waals surface area contributed by atoms with Crippen molar-refractivity contribution >= 4 is 5.91 Å². The lowest BCUT2D eigenvalue weighted by Gasteiger charge is -2.21. The minimum Gasteiger partial charge on any atom is -0.345 e. The summed E-state index contributed by atoms with van der Waals surface area (Å²) in [7, 11) is 0. The summed E-state index contributed by atoms with van der Waals surface area (Å²) in [4.78, 5) is 16.6. The fourth-order valence-electron chi connectivity index (χ4n) is 2.83. The molecule has 4 heteroatoms. The van der Waals surface area contributed by atoms with Gasteiger partial charge in [-0.25, -0.2) is 4.39 Å². The molecule has 0 spiro atoms. The number of carbonyl (C=O) groups excluding carboxylic acids is 1. The summed E-state index contributed by atoms with van der Waals surface area (Å²) >= 11 is 0. The van der Waals surface area contributed by atoms with Crippen LogP contribution in [0.5, 0.6) is 0 Å². The SMILES string of the molecule is Cc1ccccc1C(NC(=O)Cc1ccccc1F)c1ccncc1. The van der Waals surface area contributed by atoms with Crippen LogP contribution in [-0.4, -0.2) is 10.9 Å². The predicted octanol–water partition coefficient (Wildman–Crippen LogP) is 3.98. The third-order valence-electron chi connectivity index (χ3n) is 4.15. The van der Waals surface area contributed by atoms with Crippen molar-refractivity contribution in [2.75, 3.05) is 0 Å². The molecule has 1 amide bonds. The van der Waals surface area contributed by atoms with E-state index in [4.69, 9.17) is 0 Å². The van der Waals surface area contributed by atoms with E-state index in [0.29, 0.717) is 5.56 Å². The number of hydrogen-bond acceptors (Lipinski definition) is 2. The molecular formula is C21H19FN2O. The van der Waals surface area contributed by atoms with Gasteiger partial charge in [0.15, 0.2) is 0 Å². The van der Waals surface area contributed by atoms with E-state index in [2.05, 4.69) is 10.3 Å². The second kappa shape index (κ2) is 7.71. The molecule has 3 rings (SSSR count). The van der Waals surface area contributed by atoms with Crippen LogP contribution in [0.25, 0.3) is 0 Å². The van der Waals surface area contributed by atoms with Crippen LogP contribution in [0, 0.1) is 12.7 Å². The second-order valence-electron chi connectivity index (χ2n) is 5.91. The molecule has 3 aromatic rings. The quantitative estimate of drug-likeness (QED) is 0.767. The van der Waals surface area contributed by atoms with E-state index in [9.17, 15) is 9.18 Å². The molecule has 0 aliphatic heterocycles. The Bertz CT molecular complexity index is 865. The maximum absolute atomic E-state index is 13.8. The first-order chi connectivity index (χ1) is 12.1. The van der Waals surface area contributed by atoms with E-state index in [0.717, 1.165) is 16.7 Å². The molecule has 2 aromatic carbocycles. The van der Waals surface area contributed by atoms with Crippen LogP contribution in [0.4, 0.5) is 4.39 Å². The van der Waals surface area contributed by atoms with Crippen molar-refractivity contribution in [3.8, 4) is 0 Å². The van der Waals surface area contributed by atoms with Gasteiger partial charge in [-0.2, -0.15) is 0 Å². The van der Waals surface area contributed by atoms with E-state index in [-0.39, 0.29) is 24.2 Å². The number of pyridine rings is 1. The number of aromatic nitrogens is 1. The first-order valence-electron chi connectivity index (χ1n) is 8.13. The summed E-state index contributed by atoms with van der Waals surface area (Å²) in [6.07, 6.45) is 3.40. The van der Waals surface area contributed by atoms with Crippen LogP contribution < -0.4 is 5.32 Å². The number of aryl methyl sites for hydroxylation is 1. The highest BCUT2D eigenvalue weighted by molar-refractivity contribution is 5.79. The van der Waals surface area contributed by atoms with Gasteiger partial charge < -0.3 is 5.32 Å². The summed E-state index contributed by atoms with van der Waals surface area (Å²) in [5.41, 5.74) is 3.41. The van der Waals surface area contributed by atoms with E-state index < -0.39 is 0 Å². The highest BCUT2D eigenvalue weighted by Crippen LogP contribution is 2.24. The number of benzene rings is 2. The average molecular weight is 334 g/mol. The highest BCUT2D eigenvalue weighted by atomic mass is 19.1. The first-order valence-corrected chi connectivity index (χ1v) is 8.13. The maximum Gasteiger partial charge on any atom is 0.225 e. The Labute approximate surface area is 146 Å². The smallest absolute Gasteiger partial charge is 0.225 e. The Hall–Kier alpha value is -3.01. The van der Waals surface area contributed by atoms with Gasteiger partial charge in [-0.15, -0.1) is 0 Å². The molecule has 0 aliphatic rings. The molecule has 1 unspecified atom stereocenters. The number of carbonyl (C=O) groups is 1. The molecule has 25 heavy (non-hydrogen) atoms. The van der Waals surface area contributed by atoms with Crippen molar-refractivity contribution in [2.24, 2.45) is 0 Å². The lowest BCUT2D eigenvalue weighted by atomic mass is 9.95. The number of halogens is 1. The first kappa shape index (κ1) is 16.8. The van der Waals surface area contributed by atoms with Crippen LogP contribution in [0.2, 0.25) is 0 Å². The van der Waals surface area contributed by atoms with Crippen molar-refractivity contribution in [1.29, 1.82) is 0 Å². The molecule has 0 fully saturated rings. The van der Waals surface area contributed by atoms with E-state index >= 15 is 0 Å². The van der Waals surface area contributed by atoms with Crippen molar-refractivity contribution in [2.45, 2.75) is 19.4 Å². The minimum atomic E-state index is -0.367. The van der Waals surface area contributed by atoms with E-state index in [1.54, 1.807) is 30.6 Å². The average Bonchev–Trinajstić information content (AvgIpc) is 2.63. The van der Waals surface area contributed by atoms with Gasteiger partial charge in [0.1, 0.15) is 5.82 Å². The molecular weight excluding hydrogens is 315 g/mol. The number of amides is 1. The number of rotatable bonds is 5. The van der Waals surface area contributed by atoms with Gasteiger partial charge in [-0.1, -0.05) is 42.5 Å². The van der Waals surface area contributed by atoms with Gasteiger partial charge in [0.05, 0.1) is 12.5 Å². The van der Waals surface area contributed by atoms with Crippen molar-refractivity contribution in [3.63, 3.8) is 0 Å². The van der Waals surface area contributed by atoms with E-state index in [1.165, 1.54) is 6.07 Å². The molecule has 1 heterocycles. The van der Waals surface area contributed by atoms with Crippen LogP contribution in [0.15, 0.2) is 73.1 Å². The Morgan fingerprint density at radius 1 is 1.04 bits per heavy atom. The summed E-state index contributed by atoms with van der Waals surface area (Å²) in [6.45, 7) is 2.01. The number of nitrogens with one attached hydrogen (secondary N) is 1. The molecule has 0 saturated carbocycles. The van der Waals surface area contributed by atoms with Crippen LogP contribution in [0.1, 0.15) is 28.3 Å². The van der Waals surface area contributed by atoms with Crippen LogP contribution in [0.3, 0.4) is 0 Å². The van der Waals surface area contributed by atoms with E-state index in [1.807, 2.05) is 43.3 Å². The molecule has 0 aliphatic carbocycles. The zero-order valence-electron chi connectivity index (χ0n) is 13.9. The predicted molar refractivity (Wildman–Crippen MR) is 95.5 cm³/mol. The zero-order chi connectivity index (χ0) is 17.6. The van der Waals surface area contributed by atoms with Gasteiger partial charge in [-0.3, -0.25) is 9.78 Å². The van der Waals surface area contributed by atoms with Crippen molar-refractivity contribution < 1.29 is 9.18 Å². The zero-order valence-corrected chi connectivity index (χ0v) is 13.9. The summed E-state index contributed by atoms with van der Waals surface area (Å²) < 4.78 is 13.8. The molecule has 3 nitrogen and oxygen atoms in total. The number of hydrogen-bond donors (Lipinski definition) is 1. The Morgan fingerprint density at radius 2 is 1.72 bits per heavy atom. The normalized spacial score (nSPS) is 11.8. The van der Waals surface area contributed by atoms with Gasteiger partial charge in [0.2, 0.25) is 5.91 Å². The maximum atomic E-state index is 13.8. The van der Waals surface area contributed by atoms with Gasteiger partial charge in [0, 0.05) is 12.4 Å². The lowest BCUT2D eigenvalue weighted by molar-refractivity contribution is -0.121. The van der Waals surface area contributed by atoms with Crippen molar-refractivity contribution in [1.82, 2.24) is 10.3 Å². The monoisotopic (exact) mass is 334 g/mol. The summed E-state index contributed by atoms with van der Waals surface area (Å²) in [6, 6.07) is 17.7. The molecule has 126 valence electrons. The van der Waals surface area contributed by atoms with Gasteiger partial charge >= 0.3 is 0 Å². The summed E-state index contributed by atoms with van der Waals surface area (Å²) in [5, 5.41) is 3.03. The fraction of sp³-hybridized carbons (Fsp3) is 0.143. The molecule has 0 radical (unpaired) electrons. The Balaban J connectivity index is 1.87. The van der Waals surface area contributed by atoms with Gasteiger partial charge in [0.25, 0.3) is 0 Å². The third-order valence-corrected chi connectivity index (χ3v) is 4.15. The molecule has 1 aromatic heterocycles. The van der Waals surface area contributed by atoms with Crippen LogP contribution in [-0.2, 0) is 11.2 Å². The minimum absolute atomic E-state index is 0.000137. The Kier molecular flexibility index (Phi) is 5.19. The standard InChI is InChI=1S/C21H19FN2O/c1-15-6-2-4-8-18(15)21(16-10-12-23-13-11-16)24-20(25)14-17-7-3-5-9-19(17)22/h2-13,21H,14H2,1H3,(H,24,25). The second-order valence-corrected chi connectivity index (χ2v) is 5.91. The van der Waals surface area contributed by atoms with Crippen molar-refractivity contribution in [3.05, 3.63) is 101 Å². The lowest BCUT2D eigenvalue weighted by Crippen LogP contribution is -2.31. The largest absolute Gasteiger partial charge is 0.345 e. The Morgan fingerprint density at radius 3 is 2.44 bits per heavy atom. The molecule has 1 atom stereocenters. The highest BCUT2D eigenvalue weighted by Gasteiger charge is 2.19. The molecule has 1 N–H and O–H groups in total. The van der Waals surface area contributed by atoms with Gasteiger partial charge in [-0.05, 0) is 47.4 Å². The topological polar surface area (TPSA) is 42.0 Å². The van der Waals surface area contributed by atoms with Crippen LogP contribution >= 0.6 is 0 Å². The molecule has 0 bridgehead atoms.